The largest absolute Gasteiger partial charge is 0.382 e. The number of hydrogen-bond acceptors (Lipinski definition) is 4. The molecule has 1 atom stereocenters. The summed E-state index contributed by atoms with van der Waals surface area (Å²) in [5.41, 5.74) is 0. The Bertz CT molecular complexity index is 332. The fourth-order valence-corrected chi connectivity index (χ4v) is 3.08. The standard InChI is InChI=1S/C18H38N4O2.HI/c1-4-17-9-6-7-12-22(17)13-11-21-18(19-5-2)20-10-8-14-24-16-15-23-3;/h17H,4-16H2,1-3H3,(H2,19,20,21);1H. The third kappa shape index (κ3) is 12.0. The van der Waals surface area contributed by atoms with Crippen LogP contribution in [0.15, 0.2) is 4.99 Å². The Hall–Kier alpha value is -0.120. The van der Waals surface area contributed by atoms with Crippen LogP contribution in [0.5, 0.6) is 0 Å². The molecule has 0 bridgehead atoms. The Kier molecular flexibility index (Phi) is 17.2. The fourth-order valence-electron chi connectivity index (χ4n) is 3.08. The van der Waals surface area contributed by atoms with Crippen LogP contribution in [0.1, 0.15) is 46.0 Å². The van der Waals surface area contributed by atoms with Crippen LogP contribution in [-0.4, -0.2) is 76.6 Å². The van der Waals surface area contributed by atoms with Crippen LogP contribution in [0.4, 0.5) is 0 Å². The number of nitrogens with one attached hydrogen (secondary N) is 2. The maximum Gasteiger partial charge on any atom is 0.191 e. The Morgan fingerprint density at radius 2 is 2.00 bits per heavy atom. The smallest absolute Gasteiger partial charge is 0.191 e. The number of methoxy groups -OCH3 is 1. The van der Waals surface area contributed by atoms with E-state index >= 15 is 0 Å². The molecule has 1 fully saturated rings. The lowest BCUT2D eigenvalue weighted by atomic mass is 10.0. The number of piperidine rings is 1. The van der Waals surface area contributed by atoms with Crippen molar-refractivity contribution in [2.45, 2.75) is 52.0 Å². The summed E-state index contributed by atoms with van der Waals surface area (Å²) in [6, 6.07) is 0.768. The Labute approximate surface area is 171 Å². The summed E-state index contributed by atoms with van der Waals surface area (Å²) in [4.78, 5) is 7.25. The van der Waals surface area contributed by atoms with Crippen molar-refractivity contribution < 1.29 is 9.47 Å². The summed E-state index contributed by atoms with van der Waals surface area (Å²) in [6.45, 7) is 11.4. The number of hydrogen-bond donors (Lipinski definition) is 2. The molecule has 0 amide bonds. The molecule has 0 aliphatic carbocycles. The molecule has 1 heterocycles. The van der Waals surface area contributed by atoms with Gasteiger partial charge in [-0.15, -0.1) is 24.0 Å². The average molecular weight is 470 g/mol. The second-order valence-electron chi connectivity index (χ2n) is 6.24. The van der Waals surface area contributed by atoms with Crippen LogP contribution in [0.25, 0.3) is 0 Å². The van der Waals surface area contributed by atoms with Crippen molar-refractivity contribution in [1.29, 1.82) is 0 Å². The summed E-state index contributed by atoms with van der Waals surface area (Å²) in [5, 5.41) is 6.78. The summed E-state index contributed by atoms with van der Waals surface area (Å²) in [6.07, 6.45) is 6.28. The van der Waals surface area contributed by atoms with Gasteiger partial charge in [-0.3, -0.25) is 9.89 Å². The zero-order valence-corrected chi connectivity index (χ0v) is 18.7. The van der Waals surface area contributed by atoms with Crippen LogP contribution < -0.4 is 10.6 Å². The number of halogens is 1. The highest BCUT2D eigenvalue weighted by molar-refractivity contribution is 14.0. The van der Waals surface area contributed by atoms with Crippen LogP contribution in [0, 0.1) is 0 Å². The molecule has 0 aromatic heterocycles. The van der Waals surface area contributed by atoms with E-state index in [4.69, 9.17) is 9.47 Å². The van der Waals surface area contributed by atoms with E-state index in [1.807, 2.05) is 0 Å². The van der Waals surface area contributed by atoms with E-state index in [1.165, 1.54) is 32.2 Å². The molecule has 1 rings (SSSR count). The molecule has 0 spiro atoms. The molecular weight excluding hydrogens is 431 g/mol. The predicted molar refractivity (Wildman–Crippen MR) is 116 cm³/mol. The molecule has 6 nitrogen and oxygen atoms in total. The Morgan fingerprint density at radius 3 is 2.72 bits per heavy atom. The summed E-state index contributed by atoms with van der Waals surface area (Å²) < 4.78 is 10.4. The third-order valence-corrected chi connectivity index (χ3v) is 4.40. The first-order valence-electron chi connectivity index (χ1n) is 9.64. The second-order valence-corrected chi connectivity index (χ2v) is 6.24. The second kappa shape index (κ2) is 17.3. The first kappa shape index (κ1) is 24.9. The van der Waals surface area contributed by atoms with Crippen molar-refractivity contribution >= 4 is 29.9 Å². The Balaban J connectivity index is 0.00000576. The molecule has 1 saturated heterocycles. The van der Waals surface area contributed by atoms with E-state index in [-0.39, 0.29) is 24.0 Å². The lowest BCUT2D eigenvalue weighted by Crippen LogP contribution is -2.46. The first-order valence-corrected chi connectivity index (χ1v) is 9.64. The van der Waals surface area contributed by atoms with E-state index in [0.717, 1.165) is 51.2 Å². The predicted octanol–water partition coefficient (Wildman–Crippen LogP) is 2.48. The van der Waals surface area contributed by atoms with E-state index in [1.54, 1.807) is 7.11 Å². The molecule has 2 N–H and O–H groups in total. The topological polar surface area (TPSA) is 58.1 Å². The zero-order chi connectivity index (χ0) is 17.5. The fraction of sp³-hybridized carbons (Fsp3) is 0.944. The molecule has 1 aliphatic rings. The minimum Gasteiger partial charge on any atom is -0.382 e. The number of rotatable bonds is 12. The van der Waals surface area contributed by atoms with Gasteiger partial charge in [-0.2, -0.15) is 0 Å². The minimum absolute atomic E-state index is 0. The molecule has 1 aliphatic heterocycles. The van der Waals surface area contributed by atoms with Gasteiger partial charge < -0.3 is 20.1 Å². The lowest BCUT2D eigenvalue weighted by Gasteiger charge is -2.35. The van der Waals surface area contributed by atoms with Crippen LogP contribution >= 0.6 is 24.0 Å². The van der Waals surface area contributed by atoms with Crippen LogP contribution in [0.2, 0.25) is 0 Å². The van der Waals surface area contributed by atoms with Crippen molar-refractivity contribution in [3.63, 3.8) is 0 Å². The van der Waals surface area contributed by atoms with Crippen molar-refractivity contribution in [2.75, 3.05) is 59.7 Å². The molecule has 150 valence electrons. The molecule has 7 heteroatoms. The highest BCUT2D eigenvalue weighted by atomic mass is 127. The average Bonchev–Trinajstić information content (AvgIpc) is 2.61. The van der Waals surface area contributed by atoms with Gasteiger partial charge in [-0.25, -0.2) is 0 Å². The van der Waals surface area contributed by atoms with Gasteiger partial charge in [-0.1, -0.05) is 13.3 Å². The summed E-state index contributed by atoms with van der Waals surface area (Å²) in [7, 11) is 1.69. The van der Waals surface area contributed by atoms with Gasteiger partial charge in [0.05, 0.1) is 13.2 Å². The zero-order valence-electron chi connectivity index (χ0n) is 16.4. The van der Waals surface area contributed by atoms with E-state index in [9.17, 15) is 0 Å². The molecule has 0 saturated carbocycles. The maximum atomic E-state index is 5.46. The highest BCUT2D eigenvalue weighted by Gasteiger charge is 2.19. The Morgan fingerprint density at radius 1 is 1.16 bits per heavy atom. The summed E-state index contributed by atoms with van der Waals surface area (Å²) in [5.74, 6) is 0.916. The normalized spacial score (nSPS) is 18.7. The summed E-state index contributed by atoms with van der Waals surface area (Å²) >= 11 is 0. The number of aliphatic imine (C=N–C) groups is 1. The first-order chi connectivity index (χ1) is 11.8. The van der Waals surface area contributed by atoms with Gasteiger partial charge in [0, 0.05) is 45.9 Å². The van der Waals surface area contributed by atoms with Gasteiger partial charge in [0.15, 0.2) is 5.96 Å². The third-order valence-electron chi connectivity index (χ3n) is 4.40. The van der Waals surface area contributed by atoms with Crippen molar-refractivity contribution in [3.05, 3.63) is 0 Å². The number of ether oxygens (including phenoxy) is 2. The van der Waals surface area contributed by atoms with Gasteiger partial charge in [-0.05, 0) is 39.2 Å². The van der Waals surface area contributed by atoms with E-state index in [2.05, 4.69) is 34.4 Å². The monoisotopic (exact) mass is 470 g/mol. The minimum atomic E-state index is 0. The van der Waals surface area contributed by atoms with Gasteiger partial charge >= 0.3 is 0 Å². The van der Waals surface area contributed by atoms with Crippen LogP contribution in [0.3, 0.4) is 0 Å². The van der Waals surface area contributed by atoms with Gasteiger partial charge in [0.25, 0.3) is 0 Å². The highest BCUT2D eigenvalue weighted by Crippen LogP contribution is 2.18. The molecule has 25 heavy (non-hydrogen) atoms. The molecular formula is C18H39IN4O2. The van der Waals surface area contributed by atoms with Crippen molar-refractivity contribution in [1.82, 2.24) is 15.5 Å². The van der Waals surface area contributed by atoms with E-state index < -0.39 is 0 Å². The maximum absolute atomic E-state index is 5.46. The molecule has 0 radical (unpaired) electrons. The number of guanidine groups is 1. The molecule has 0 aromatic carbocycles. The molecule has 0 aromatic rings. The van der Waals surface area contributed by atoms with Crippen LogP contribution in [-0.2, 0) is 9.47 Å². The van der Waals surface area contributed by atoms with Gasteiger partial charge in [0.2, 0.25) is 0 Å². The van der Waals surface area contributed by atoms with E-state index in [0.29, 0.717) is 13.2 Å². The quantitative estimate of drug-likeness (QED) is 0.199. The number of likely N-dealkylation sites (tertiary alicyclic amines) is 1. The van der Waals surface area contributed by atoms with Gasteiger partial charge in [0.1, 0.15) is 0 Å². The lowest BCUT2D eigenvalue weighted by molar-refractivity contribution is 0.0702. The molecule has 1 unspecified atom stereocenters. The number of nitrogens with zero attached hydrogens (tertiary/aromatic N) is 2. The SMILES string of the molecule is CCNC(=NCCCOCCOC)NCCN1CCCCC1CC.I. The van der Waals surface area contributed by atoms with Crippen molar-refractivity contribution in [2.24, 2.45) is 4.99 Å². The van der Waals surface area contributed by atoms with Crippen molar-refractivity contribution in [3.8, 4) is 0 Å².